The summed E-state index contributed by atoms with van der Waals surface area (Å²) in [5, 5.41) is 11.0. The first-order chi connectivity index (χ1) is 19.1. The molecule has 208 valence electrons. The molecule has 0 saturated carbocycles. The zero-order chi connectivity index (χ0) is 29.0. The van der Waals surface area contributed by atoms with Crippen LogP contribution < -0.4 is 24.4 Å². The molecule has 0 aliphatic carbocycles. The molecular weight excluding hydrogens is 534 g/mol. The van der Waals surface area contributed by atoms with Crippen molar-refractivity contribution in [3.63, 3.8) is 0 Å². The number of nitrogens with zero attached hydrogens (tertiary/aromatic N) is 3. The molecule has 10 nitrogen and oxygen atoms in total. The van der Waals surface area contributed by atoms with E-state index in [0.717, 1.165) is 0 Å². The number of nitro groups is 1. The summed E-state index contributed by atoms with van der Waals surface area (Å²) in [5.74, 6) is 0.473. The topological polar surface area (TPSA) is 122 Å². The largest absolute Gasteiger partial charge is 0.493 e. The van der Waals surface area contributed by atoms with E-state index in [1.807, 2.05) is 13.8 Å². The van der Waals surface area contributed by atoms with Crippen molar-refractivity contribution in [3.8, 4) is 11.5 Å². The molecule has 0 amide bonds. The second kappa shape index (κ2) is 12.1. The van der Waals surface area contributed by atoms with Gasteiger partial charge in [-0.15, -0.1) is 0 Å². The molecule has 11 heteroatoms. The Kier molecular flexibility index (Phi) is 8.64. The first kappa shape index (κ1) is 28.5. The maximum Gasteiger partial charge on any atom is 0.338 e. The number of nitro benzene ring substituents is 1. The van der Waals surface area contributed by atoms with Gasteiger partial charge >= 0.3 is 5.97 Å². The number of thiazole rings is 1. The number of benzene rings is 2. The van der Waals surface area contributed by atoms with E-state index in [1.165, 1.54) is 35.1 Å². The fourth-order valence-corrected chi connectivity index (χ4v) is 5.23. The van der Waals surface area contributed by atoms with Crippen molar-refractivity contribution in [2.75, 3.05) is 20.3 Å². The molecule has 2 heterocycles. The Balaban J connectivity index is 1.89. The third kappa shape index (κ3) is 5.89. The maximum atomic E-state index is 13.8. The highest BCUT2D eigenvalue weighted by molar-refractivity contribution is 7.07. The van der Waals surface area contributed by atoms with Gasteiger partial charge in [0, 0.05) is 12.1 Å². The fraction of sp³-hybridized carbons (Fsp3) is 0.276. The van der Waals surface area contributed by atoms with Crippen LogP contribution in [-0.2, 0) is 9.53 Å². The second-order valence-corrected chi connectivity index (χ2v) is 10.4. The molecule has 40 heavy (non-hydrogen) atoms. The molecule has 1 aromatic heterocycles. The molecule has 0 spiro atoms. The number of hydrogen-bond donors (Lipinski definition) is 0. The first-order valence-electron chi connectivity index (χ1n) is 12.5. The van der Waals surface area contributed by atoms with Crippen LogP contribution in [0.4, 0.5) is 5.69 Å². The minimum absolute atomic E-state index is 0.0479. The molecule has 2 aromatic carbocycles. The van der Waals surface area contributed by atoms with E-state index in [2.05, 4.69) is 11.6 Å². The number of hydrogen-bond acceptors (Lipinski definition) is 9. The predicted molar refractivity (Wildman–Crippen MR) is 151 cm³/mol. The van der Waals surface area contributed by atoms with E-state index in [9.17, 15) is 19.7 Å². The van der Waals surface area contributed by atoms with Gasteiger partial charge in [-0.05, 0) is 54.3 Å². The van der Waals surface area contributed by atoms with Gasteiger partial charge in [0.25, 0.3) is 11.2 Å². The van der Waals surface area contributed by atoms with E-state index in [0.29, 0.717) is 37.7 Å². The molecule has 1 atom stereocenters. The van der Waals surface area contributed by atoms with Crippen molar-refractivity contribution in [2.45, 2.75) is 26.8 Å². The normalized spacial score (nSPS) is 14.9. The summed E-state index contributed by atoms with van der Waals surface area (Å²) in [5.41, 5.74) is 1.50. The summed E-state index contributed by atoms with van der Waals surface area (Å²) in [6, 6.07) is 10.3. The molecule has 0 radical (unpaired) electrons. The number of non-ortho nitro benzene ring substituents is 1. The second-order valence-electron chi connectivity index (χ2n) is 9.43. The molecular formula is C29H29N3O7S. The Morgan fingerprint density at radius 2 is 1.95 bits per heavy atom. The number of carbonyl (C=O) groups excluding carboxylic acids is 1. The number of rotatable bonds is 10. The van der Waals surface area contributed by atoms with Crippen molar-refractivity contribution >= 4 is 29.1 Å². The number of ether oxygens (including phenoxy) is 3. The molecule has 0 saturated heterocycles. The molecule has 0 N–H and O–H groups in total. The molecule has 0 bridgehead atoms. The number of carbonyl (C=O) groups is 1. The Hall–Kier alpha value is -4.51. The summed E-state index contributed by atoms with van der Waals surface area (Å²) in [6.45, 7) is 9.74. The highest BCUT2D eigenvalue weighted by Crippen LogP contribution is 2.36. The van der Waals surface area contributed by atoms with E-state index >= 15 is 0 Å². The van der Waals surface area contributed by atoms with Crippen LogP contribution in [0.25, 0.3) is 6.08 Å². The summed E-state index contributed by atoms with van der Waals surface area (Å²) in [6.07, 6.45) is 3.26. The average Bonchev–Trinajstić information content (AvgIpc) is 3.23. The van der Waals surface area contributed by atoms with Gasteiger partial charge in [0.1, 0.15) is 6.61 Å². The average molecular weight is 564 g/mol. The SMILES string of the molecule is C=CCOc1ccc(C2C(C(=O)OCC(C)C)=C(C)N=c3sc(=Cc4ccc([N+](=O)[O-])cc4)c(=O)n32)cc1OC. The zero-order valence-corrected chi connectivity index (χ0v) is 23.4. The smallest absolute Gasteiger partial charge is 0.338 e. The van der Waals surface area contributed by atoms with Crippen LogP contribution >= 0.6 is 11.3 Å². The summed E-state index contributed by atoms with van der Waals surface area (Å²) in [4.78, 5) is 42.7. The van der Waals surface area contributed by atoms with E-state index in [4.69, 9.17) is 14.2 Å². The van der Waals surface area contributed by atoms with Crippen LogP contribution in [0, 0.1) is 16.0 Å². The van der Waals surface area contributed by atoms with Gasteiger partial charge in [-0.25, -0.2) is 9.79 Å². The van der Waals surface area contributed by atoms with Gasteiger partial charge in [0.15, 0.2) is 16.3 Å². The fourth-order valence-electron chi connectivity index (χ4n) is 4.18. The van der Waals surface area contributed by atoms with Crippen molar-refractivity contribution < 1.29 is 23.9 Å². The van der Waals surface area contributed by atoms with Crippen LogP contribution in [0.1, 0.15) is 37.9 Å². The summed E-state index contributed by atoms with van der Waals surface area (Å²) < 4.78 is 18.7. The minimum Gasteiger partial charge on any atom is -0.493 e. The summed E-state index contributed by atoms with van der Waals surface area (Å²) >= 11 is 1.17. The number of esters is 1. The Morgan fingerprint density at radius 3 is 2.58 bits per heavy atom. The minimum atomic E-state index is -0.836. The van der Waals surface area contributed by atoms with Gasteiger partial charge in [-0.1, -0.05) is 43.9 Å². The first-order valence-corrected chi connectivity index (χ1v) is 13.3. The highest BCUT2D eigenvalue weighted by Gasteiger charge is 2.34. The third-order valence-electron chi connectivity index (χ3n) is 6.05. The lowest BCUT2D eigenvalue weighted by atomic mass is 9.95. The molecule has 1 aliphatic rings. The monoisotopic (exact) mass is 563 g/mol. The van der Waals surface area contributed by atoms with Gasteiger partial charge in [0.2, 0.25) is 0 Å². The van der Waals surface area contributed by atoms with E-state index in [-0.39, 0.29) is 36.0 Å². The van der Waals surface area contributed by atoms with Crippen molar-refractivity contribution in [3.05, 3.63) is 107 Å². The number of allylic oxidation sites excluding steroid dienone is 1. The van der Waals surface area contributed by atoms with Crippen LogP contribution in [0.2, 0.25) is 0 Å². The highest BCUT2D eigenvalue weighted by atomic mass is 32.1. The predicted octanol–water partition coefficient (Wildman–Crippen LogP) is 3.92. The molecule has 1 unspecified atom stereocenters. The lowest BCUT2D eigenvalue weighted by Gasteiger charge is -2.25. The molecule has 4 rings (SSSR count). The Labute approximate surface area is 234 Å². The standard InChI is InChI=1S/C29H29N3O7S/c1-6-13-38-22-12-9-20(15-23(22)37-5)26-25(28(34)39-16-17(2)3)18(4)30-29-31(26)27(33)24(40-29)14-19-7-10-21(11-8-19)32(35)36/h6-12,14-15,17,26H,1,13,16H2,2-5H3. The van der Waals surface area contributed by atoms with E-state index < -0.39 is 16.9 Å². The quantitative estimate of drug-likeness (QED) is 0.159. The maximum absolute atomic E-state index is 13.8. The molecule has 0 fully saturated rings. The van der Waals surface area contributed by atoms with Crippen LogP contribution in [0.15, 0.2) is 76.2 Å². The lowest BCUT2D eigenvalue weighted by molar-refractivity contribution is -0.384. The lowest BCUT2D eigenvalue weighted by Crippen LogP contribution is -2.40. The van der Waals surface area contributed by atoms with Crippen LogP contribution in [0.3, 0.4) is 0 Å². The Bertz CT molecular complexity index is 1670. The number of aromatic nitrogens is 1. The van der Waals surface area contributed by atoms with Crippen molar-refractivity contribution in [1.29, 1.82) is 0 Å². The zero-order valence-electron chi connectivity index (χ0n) is 22.6. The van der Waals surface area contributed by atoms with Crippen LogP contribution in [0.5, 0.6) is 11.5 Å². The number of methoxy groups -OCH3 is 1. The van der Waals surface area contributed by atoms with Crippen molar-refractivity contribution in [1.82, 2.24) is 4.57 Å². The van der Waals surface area contributed by atoms with Gasteiger partial charge in [-0.2, -0.15) is 0 Å². The molecule has 3 aromatic rings. The van der Waals surface area contributed by atoms with Gasteiger partial charge in [0.05, 0.1) is 40.5 Å². The molecule has 1 aliphatic heterocycles. The van der Waals surface area contributed by atoms with E-state index in [1.54, 1.807) is 49.4 Å². The Morgan fingerprint density at radius 1 is 1.23 bits per heavy atom. The van der Waals surface area contributed by atoms with Gasteiger partial charge in [-0.3, -0.25) is 19.5 Å². The number of fused-ring (bicyclic) bond motifs is 1. The van der Waals surface area contributed by atoms with Crippen molar-refractivity contribution in [2.24, 2.45) is 10.9 Å². The summed E-state index contributed by atoms with van der Waals surface area (Å²) in [7, 11) is 1.51. The third-order valence-corrected chi connectivity index (χ3v) is 7.03. The van der Waals surface area contributed by atoms with Gasteiger partial charge < -0.3 is 14.2 Å². The van der Waals surface area contributed by atoms with Crippen LogP contribution in [-0.4, -0.2) is 35.8 Å².